The summed E-state index contributed by atoms with van der Waals surface area (Å²) >= 11 is 0. The molecule has 0 spiro atoms. The van der Waals surface area contributed by atoms with Gasteiger partial charge >= 0.3 is 6.09 Å². The predicted octanol–water partition coefficient (Wildman–Crippen LogP) is 10.1. The van der Waals surface area contributed by atoms with Gasteiger partial charge in [0.05, 0.1) is 66.4 Å². The standard InChI is InChI=1S/C60H64FN9O7/c1-4-67(5-2)54(36-11-7-6-8-12-36)58(72)69-47-27-41(47)29-49(69)56-63-32-43(64-56)37-17-18-45-40(25-37)28-48-52-42(61)26-39(31-51(52)77-59(70(45)48)38-16-15-34-13-10-22-76-50(34)30-38)44-33-62-55(65-44)46-14-9-21-68(46)57(71)53(66-60(73)74-3)35-19-23-75-24-20-35/h6-8,11-12,15-18,25-26,28,30-33,35,41,46-47,49,53-54,59H,4-5,9-10,13-14,19-24,27,29H2,1-3H3,(H,62,65)(H,63,64)(H,66,73)/t41-,46+,47-,49+,53?,54-,59?/m1/s1. The topological polar surface area (TPSA) is 172 Å². The highest BCUT2D eigenvalue weighted by atomic mass is 19.1. The molecule has 6 aliphatic rings. The van der Waals surface area contributed by atoms with Crippen LogP contribution in [0, 0.1) is 17.7 Å². The molecule has 1 aliphatic carbocycles. The number of aryl methyl sites for hydroxylation is 1. The van der Waals surface area contributed by atoms with E-state index >= 15 is 4.39 Å². The number of likely N-dealkylation sites (tertiary alicyclic amines) is 2. The maximum atomic E-state index is 17.2. The van der Waals surface area contributed by atoms with Crippen molar-refractivity contribution < 1.29 is 37.7 Å². The number of likely N-dealkylation sites (N-methyl/N-ethyl adjacent to an activating group) is 1. The van der Waals surface area contributed by atoms with Crippen molar-refractivity contribution >= 4 is 28.8 Å². The SMILES string of the molecule is CCN(CC)[C@@H](C(=O)N1[C@@H]2C[C@@H]2C[C@H]1c1ncc(-c2ccc3c(c2)cc2n3C(c3ccc4c(c3)OCCC4)Oc3cc(-c4cnc([C@@H]5CCCN5C(=O)C(NC(=O)OC)C5CCOCC5)[nH]4)cc(F)c3-2)[nH]1)c1ccccc1. The van der Waals surface area contributed by atoms with Crippen LogP contribution in [0.4, 0.5) is 9.18 Å². The molecule has 0 bridgehead atoms. The number of fused-ring (bicyclic) bond motifs is 7. The van der Waals surface area contributed by atoms with Gasteiger partial charge in [0.25, 0.3) is 0 Å². The van der Waals surface area contributed by atoms with Crippen LogP contribution in [0.15, 0.2) is 97.3 Å². The molecule has 16 nitrogen and oxygen atoms in total. The van der Waals surface area contributed by atoms with Gasteiger partial charge in [0.2, 0.25) is 18.0 Å². The summed E-state index contributed by atoms with van der Waals surface area (Å²) in [6, 6.07) is 26.5. The van der Waals surface area contributed by atoms with Crippen molar-refractivity contribution in [3.63, 3.8) is 0 Å². The number of carbonyl (C=O) groups is 3. The fourth-order valence-electron chi connectivity index (χ4n) is 13.1. The highest BCUT2D eigenvalue weighted by Gasteiger charge is 2.56. The number of methoxy groups -OCH3 is 1. The lowest BCUT2D eigenvalue weighted by atomic mass is 9.90. The van der Waals surface area contributed by atoms with Crippen molar-refractivity contribution in [3.8, 4) is 45.3 Å². The average molecular weight is 1040 g/mol. The van der Waals surface area contributed by atoms with Gasteiger partial charge < -0.3 is 48.6 Å². The maximum Gasteiger partial charge on any atom is 0.407 e. The van der Waals surface area contributed by atoms with Gasteiger partial charge in [-0.25, -0.2) is 19.2 Å². The number of hydrogen-bond acceptors (Lipinski definition) is 10. The number of aromatic amines is 2. The number of alkyl carbamates (subject to hydrolysis) is 1. The van der Waals surface area contributed by atoms with Crippen molar-refractivity contribution in [1.29, 1.82) is 0 Å². The third kappa shape index (κ3) is 8.80. The normalized spacial score (nSPS) is 22.4. The third-order valence-corrected chi connectivity index (χ3v) is 17.2. The van der Waals surface area contributed by atoms with E-state index in [0.717, 1.165) is 95.6 Å². The van der Waals surface area contributed by atoms with Gasteiger partial charge in [0, 0.05) is 47.9 Å². The molecule has 7 atom stereocenters. The molecule has 4 fully saturated rings. The zero-order valence-electron chi connectivity index (χ0n) is 43.7. The van der Waals surface area contributed by atoms with Gasteiger partial charge in [0.1, 0.15) is 41.0 Å². The van der Waals surface area contributed by atoms with Gasteiger partial charge in [-0.1, -0.05) is 62.4 Å². The molecule has 2 unspecified atom stereocenters. The van der Waals surface area contributed by atoms with E-state index in [4.69, 9.17) is 28.9 Å². The van der Waals surface area contributed by atoms with E-state index < -0.39 is 24.2 Å². The summed E-state index contributed by atoms with van der Waals surface area (Å²) in [4.78, 5) is 64.6. The number of benzene rings is 4. The van der Waals surface area contributed by atoms with Crippen LogP contribution in [0.5, 0.6) is 11.5 Å². The molecule has 398 valence electrons. The van der Waals surface area contributed by atoms with Gasteiger partial charge in [-0.15, -0.1) is 0 Å². The Morgan fingerprint density at radius 1 is 0.831 bits per heavy atom. The fourth-order valence-corrected chi connectivity index (χ4v) is 13.1. The van der Waals surface area contributed by atoms with Gasteiger partial charge in [-0.3, -0.25) is 14.5 Å². The molecule has 1 saturated carbocycles. The highest BCUT2D eigenvalue weighted by molar-refractivity contribution is 5.93. The molecule has 8 heterocycles. The summed E-state index contributed by atoms with van der Waals surface area (Å²) in [5, 5.41) is 3.71. The Bertz CT molecular complexity index is 3380. The lowest BCUT2D eigenvalue weighted by Crippen LogP contribution is -2.53. The summed E-state index contributed by atoms with van der Waals surface area (Å²) in [5.74, 6) is 2.41. The Labute approximate surface area is 446 Å². The minimum absolute atomic E-state index is 0.0971. The van der Waals surface area contributed by atoms with Crippen LogP contribution in [0.2, 0.25) is 0 Å². The van der Waals surface area contributed by atoms with Gasteiger partial charge in [0.15, 0.2) is 0 Å². The number of imidazole rings is 2. The number of carbonyl (C=O) groups excluding carboxylic acids is 3. The Kier molecular flexibility index (Phi) is 12.8. The first-order valence-corrected chi connectivity index (χ1v) is 27.5. The summed E-state index contributed by atoms with van der Waals surface area (Å²) in [6.45, 7) is 7.92. The third-order valence-electron chi connectivity index (χ3n) is 17.2. The van der Waals surface area contributed by atoms with E-state index in [2.05, 4.69) is 92.0 Å². The van der Waals surface area contributed by atoms with Crippen molar-refractivity contribution in [2.75, 3.05) is 46.6 Å². The Balaban J connectivity index is 0.821. The monoisotopic (exact) mass is 1040 g/mol. The number of rotatable bonds is 13. The van der Waals surface area contributed by atoms with E-state index in [-0.39, 0.29) is 41.9 Å². The van der Waals surface area contributed by atoms with Crippen LogP contribution in [0.1, 0.15) is 111 Å². The molecule has 3 aromatic heterocycles. The van der Waals surface area contributed by atoms with Crippen LogP contribution in [-0.2, 0) is 25.5 Å². The Hall–Kier alpha value is -7.50. The molecule has 3 N–H and O–H groups in total. The summed E-state index contributed by atoms with van der Waals surface area (Å²) in [6.07, 6.45) is 8.70. The zero-order valence-corrected chi connectivity index (χ0v) is 43.7. The number of H-pyrrole nitrogens is 2. The second-order valence-corrected chi connectivity index (χ2v) is 21.5. The number of piperidine rings is 1. The zero-order chi connectivity index (χ0) is 52.5. The predicted molar refractivity (Wildman–Crippen MR) is 286 cm³/mol. The van der Waals surface area contributed by atoms with Crippen molar-refractivity contribution in [3.05, 3.63) is 131 Å². The molecule has 4 aromatic carbocycles. The van der Waals surface area contributed by atoms with Crippen LogP contribution in [0.25, 0.3) is 44.7 Å². The molecule has 3 amide bonds. The fraction of sp³-hybridized carbons (Fsp3) is 0.417. The first kappa shape index (κ1) is 49.1. The van der Waals surface area contributed by atoms with Gasteiger partial charge in [-0.2, -0.15) is 0 Å². The number of nitrogens with one attached hydrogen (secondary N) is 3. The number of nitrogens with zero attached hydrogens (tertiary/aromatic N) is 6. The number of ether oxygens (including phenoxy) is 4. The molecule has 0 radical (unpaired) electrons. The van der Waals surface area contributed by atoms with E-state index in [0.29, 0.717) is 85.6 Å². The van der Waals surface area contributed by atoms with Crippen molar-refractivity contribution in [2.45, 2.75) is 102 Å². The minimum Gasteiger partial charge on any atom is -0.493 e. The molecule has 5 aliphatic heterocycles. The summed E-state index contributed by atoms with van der Waals surface area (Å²) < 4.78 is 42.9. The van der Waals surface area contributed by atoms with Crippen molar-refractivity contribution in [2.24, 2.45) is 11.8 Å². The van der Waals surface area contributed by atoms with E-state index in [1.807, 2.05) is 36.5 Å². The number of amides is 3. The molecular formula is C60H64FN9O7. The highest BCUT2D eigenvalue weighted by Crippen LogP contribution is 2.55. The number of hydrogen-bond donors (Lipinski definition) is 3. The smallest absolute Gasteiger partial charge is 0.407 e. The van der Waals surface area contributed by atoms with Gasteiger partial charge in [-0.05, 0) is 124 Å². The quantitative estimate of drug-likeness (QED) is 0.101. The molecule has 7 aromatic rings. The van der Waals surface area contributed by atoms with Crippen LogP contribution >= 0.6 is 0 Å². The largest absolute Gasteiger partial charge is 0.493 e. The Morgan fingerprint density at radius 2 is 1.61 bits per heavy atom. The number of halogens is 1. The van der Waals surface area contributed by atoms with Crippen LogP contribution in [0.3, 0.4) is 0 Å². The lowest BCUT2D eigenvalue weighted by molar-refractivity contribution is -0.139. The second-order valence-electron chi connectivity index (χ2n) is 21.5. The van der Waals surface area contributed by atoms with E-state index in [9.17, 15) is 14.4 Å². The Morgan fingerprint density at radius 3 is 2.39 bits per heavy atom. The number of aromatic nitrogens is 5. The first-order chi connectivity index (χ1) is 37.7. The maximum absolute atomic E-state index is 17.2. The van der Waals surface area contributed by atoms with Crippen LogP contribution in [-0.4, -0.2) is 116 Å². The van der Waals surface area contributed by atoms with Crippen LogP contribution < -0.4 is 14.8 Å². The average Bonchev–Trinajstić information content (AvgIpc) is 4.23. The molecule has 3 saturated heterocycles. The summed E-state index contributed by atoms with van der Waals surface area (Å²) in [5.41, 5.74) is 7.76. The summed E-state index contributed by atoms with van der Waals surface area (Å²) in [7, 11) is 1.29. The van der Waals surface area contributed by atoms with Crippen molar-refractivity contribution in [1.82, 2.24) is 44.5 Å². The molecule has 17 heteroatoms. The molecular weight excluding hydrogens is 978 g/mol. The first-order valence-electron chi connectivity index (χ1n) is 27.5. The van der Waals surface area contributed by atoms with E-state index in [1.54, 1.807) is 11.1 Å². The second kappa shape index (κ2) is 20.1. The minimum atomic E-state index is -0.767. The van der Waals surface area contributed by atoms with E-state index in [1.165, 1.54) is 13.2 Å². The molecule has 77 heavy (non-hydrogen) atoms. The lowest BCUT2D eigenvalue weighted by Gasteiger charge is -2.35. The molecule has 13 rings (SSSR count).